The number of hydrogen-bond donors (Lipinski definition) is 2. The molecule has 0 aliphatic heterocycles. The summed E-state index contributed by atoms with van der Waals surface area (Å²) in [4.78, 5) is 13.6. The molecule has 18 heavy (non-hydrogen) atoms. The summed E-state index contributed by atoms with van der Waals surface area (Å²) in [5.41, 5.74) is 0. The molecule has 0 bridgehead atoms. The molecule has 0 spiro atoms. The molecular formula is C12H22N4O2. The second kappa shape index (κ2) is 7.71. The van der Waals surface area contributed by atoms with Crippen LogP contribution < -0.4 is 5.32 Å². The number of aliphatic hydroxyl groups is 1. The van der Waals surface area contributed by atoms with Crippen molar-refractivity contribution in [1.82, 2.24) is 14.7 Å². The molecule has 1 aromatic heterocycles. The van der Waals surface area contributed by atoms with Crippen molar-refractivity contribution in [2.45, 2.75) is 33.2 Å². The van der Waals surface area contributed by atoms with Crippen molar-refractivity contribution >= 4 is 11.8 Å². The minimum absolute atomic E-state index is 0.0261. The molecule has 2 N–H and O–H groups in total. The molecule has 6 nitrogen and oxygen atoms in total. The van der Waals surface area contributed by atoms with Gasteiger partial charge < -0.3 is 10.0 Å². The first kappa shape index (κ1) is 14.5. The van der Waals surface area contributed by atoms with Gasteiger partial charge in [-0.1, -0.05) is 13.8 Å². The molecule has 6 heteroatoms. The highest BCUT2D eigenvalue weighted by atomic mass is 16.3. The standard InChI is InChI=1S/C12H22N4O2/c1-3-7-15(9-10-17)12(18)14-11-5-6-13-16(11)8-4-2/h5-6,17H,3-4,7-10H2,1-2H3,(H,14,18). The summed E-state index contributed by atoms with van der Waals surface area (Å²) in [5.74, 6) is 0.695. The third-order valence-corrected chi connectivity index (χ3v) is 2.54. The summed E-state index contributed by atoms with van der Waals surface area (Å²) >= 11 is 0. The second-order valence-electron chi connectivity index (χ2n) is 4.08. The Morgan fingerprint density at radius 1 is 1.44 bits per heavy atom. The average molecular weight is 254 g/mol. The number of carbonyl (C=O) groups excluding carboxylic acids is 1. The van der Waals surface area contributed by atoms with Gasteiger partial charge in [-0.2, -0.15) is 5.10 Å². The molecule has 0 aliphatic rings. The lowest BCUT2D eigenvalue weighted by Gasteiger charge is -2.21. The van der Waals surface area contributed by atoms with E-state index in [9.17, 15) is 4.79 Å². The summed E-state index contributed by atoms with van der Waals surface area (Å²) in [6.45, 7) is 5.79. The summed E-state index contributed by atoms with van der Waals surface area (Å²) in [6.07, 6.45) is 3.49. The molecule has 1 rings (SSSR count). The maximum atomic E-state index is 12.0. The Hall–Kier alpha value is -1.56. The van der Waals surface area contributed by atoms with Crippen LogP contribution in [0, 0.1) is 0 Å². The number of aryl methyl sites for hydroxylation is 1. The Kier molecular flexibility index (Phi) is 6.21. The number of aromatic nitrogens is 2. The number of anilines is 1. The number of rotatable bonds is 7. The fraction of sp³-hybridized carbons (Fsp3) is 0.667. The van der Waals surface area contributed by atoms with Gasteiger partial charge in [-0.3, -0.25) is 5.32 Å². The molecule has 0 fully saturated rings. The predicted octanol–water partition coefficient (Wildman–Crippen LogP) is 1.53. The Bertz CT molecular complexity index is 359. The van der Waals surface area contributed by atoms with Crippen LogP contribution in [0.1, 0.15) is 26.7 Å². The van der Waals surface area contributed by atoms with Gasteiger partial charge >= 0.3 is 6.03 Å². The van der Waals surface area contributed by atoms with Crippen LogP contribution in [0.15, 0.2) is 12.3 Å². The zero-order valence-electron chi connectivity index (χ0n) is 11.1. The van der Waals surface area contributed by atoms with E-state index < -0.39 is 0 Å². The van der Waals surface area contributed by atoms with Crippen LogP contribution in [-0.2, 0) is 6.54 Å². The Morgan fingerprint density at radius 3 is 2.83 bits per heavy atom. The van der Waals surface area contributed by atoms with Crippen molar-refractivity contribution < 1.29 is 9.90 Å². The second-order valence-corrected chi connectivity index (χ2v) is 4.08. The lowest BCUT2D eigenvalue weighted by atomic mass is 10.4. The number of carbonyl (C=O) groups is 1. The Labute approximate surface area is 108 Å². The van der Waals surface area contributed by atoms with Gasteiger partial charge in [0.1, 0.15) is 5.82 Å². The van der Waals surface area contributed by atoms with Crippen molar-refractivity contribution in [2.75, 3.05) is 25.0 Å². The van der Waals surface area contributed by atoms with Gasteiger partial charge in [-0.05, 0) is 12.8 Å². The van der Waals surface area contributed by atoms with E-state index in [2.05, 4.69) is 17.3 Å². The van der Waals surface area contributed by atoms with E-state index in [1.807, 2.05) is 6.92 Å². The maximum Gasteiger partial charge on any atom is 0.323 e. The minimum Gasteiger partial charge on any atom is -0.395 e. The van der Waals surface area contributed by atoms with Gasteiger partial charge in [0.2, 0.25) is 0 Å². The molecule has 1 aromatic rings. The molecule has 0 unspecified atom stereocenters. The van der Waals surface area contributed by atoms with E-state index in [4.69, 9.17) is 5.11 Å². The highest BCUT2D eigenvalue weighted by molar-refractivity contribution is 5.88. The van der Waals surface area contributed by atoms with Crippen LogP contribution in [0.3, 0.4) is 0 Å². The molecule has 0 aliphatic carbocycles. The largest absolute Gasteiger partial charge is 0.395 e. The Balaban J connectivity index is 2.63. The zero-order valence-corrected chi connectivity index (χ0v) is 11.1. The first-order chi connectivity index (χ1) is 8.72. The number of urea groups is 1. The summed E-state index contributed by atoms with van der Waals surface area (Å²) in [7, 11) is 0. The summed E-state index contributed by atoms with van der Waals surface area (Å²) in [5, 5.41) is 15.9. The van der Waals surface area contributed by atoms with Crippen LogP contribution in [0.2, 0.25) is 0 Å². The topological polar surface area (TPSA) is 70.4 Å². The molecule has 0 saturated carbocycles. The van der Waals surface area contributed by atoms with E-state index in [0.29, 0.717) is 18.9 Å². The molecular weight excluding hydrogens is 232 g/mol. The number of aliphatic hydroxyl groups excluding tert-OH is 1. The zero-order chi connectivity index (χ0) is 13.4. The monoisotopic (exact) mass is 254 g/mol. The fourth-order valence-electron chi connectivity index (χ4n) is 1.72. The number of amides is 2. The van der Waals surface area contributed by atoms with Crippen LogP contribution in [0.25, 0.3) is 0 Å². The third-order valence-electron chi connectivity index (χ3n) is 2.54. The quantitative estimate of drug-likeness (QED) is 0.775. The van der Waals surface area contributed by atoms with E-state index in [-0.39, 0.29) is 12.6 Å². The predicted molar refractivity (Wildman–Crippen MR) is 70.5 cm³/mol. The minimum atomic E-state index is -0.191. The van der Waals surface area contributed by atoms with Gasteiger partial charge in [0.25, 0.3) is 0 Å². The summed E-state index contributed by atoms with van der Waals surface area (Å²) < 4.78 is 1.76. The lowest BCUT2D eigenvalue weighted by molar-refractivity contribution is 0.188. The van der Waals surface area contributed by atoms with Crippen molar-refractivity contribution in [3.63, 3.8) is 0 Å². The fourth-order valence-corrected chi connectivity index (χ4v) is 1.72. The van der Waals surface area contributed by atoms with Gasteiger partial charge in [0.15, 0.2) is 0 Å². The average Bonchev–Trinajstić information content (AvgIpc) is 2.77. The summed E-state index contributed by atoms with van der Waals surface area (Å²) in [6, 6.07) is 1.58. The number of nitrogens with zero attached hydrogens (tertiary/aromatic N) is 3. The van der Waals surface area contributed by atoms with Crippen LogP contribution in [-0.4, -0.2) is 45.5 Å². The molecule has 0 saturated heterocycles. The van der Waals surface area contributed by atoms with Crippen LogP contribution in [0.5, 0.6) is 0 Å². The highest BCUT2D eigenvalue weighted by Gasteiger charge is 2.13. The van der Waals surface area contributed by atoms with Gasteiger partial charge in [0, 0.05) is 25.7 Å². The number of nitrogens with one attached hydrogen (secondary N) is 1. The van der Waals surface area contributed by atoms with Crippen molar-refractivity contribution in [3.05, 3.63) is 12.3 Å². The van der Waals surface area contributed by atoms with Crippen LogP contribution >= 0.6 is 0 Å². The highest BCUT2D eigenvalue weighted by Crippen LogP contribution is 2.08. The SMILES string of the molecule is CCCN(CCO)C(=O)Nc1ccnn1CCC. The lowest BCUT2D eigenvalue weighted by Crippen LogP contribution is -2.38. The smallest absolute Gasteiger partial charge is 0.323 e. The normalized spacial score (nSPS) is 10.4. The molecule has 102 valence electrons. The first-order valence-electron chi connectivity index (χ1n) is 6.41. The van der Waals surface area contributed by atoms with Crippen molar-refractivity contribution in [2.24, 2.45) is 0 Å². The third kappa shape index (κ3) is 4.03. The first-order valence-corrected chi connectivity index (χ1v) is 6.41. The number of hydrogen-bond acceptors (Lipinski definition) is 3. The van der Waals surface area contributed by atoms with Gasteiger partial charge in [-0.25, -0.2) is 9.48 Å². The van der Waals surface area contributed by atoms with Gasteiger partial charge in [-0.15, -0.1) is 0 Å². The van der Waals surface area contributed by atoms with Crippen molar-refractivity contribution in [3.8, 4) is 0 Å². The molecule has 0 aromatic carbocycles. The maximum absolute atomic E-state index is 12.0. The van der Waals surface area contributed by atoms with E-state index in [1.54, 1.807) is 21.8 Å². The van der Waals surface area contributed by atoms with E-state index in [0.717, 1.165) is 19.4 Å². The van der Waals surface area contributed by atoms with Crippen molar-refractivity contribution in [1.29, 1.82) is 0 Å². The van der Waals surface area contributed by atoms with Crippen LogP contribution in [0.4, 0.5) is 10.6 Å². The Morgan fingerprint density at radius 2 is 2.22 bits per heavy atom. The molecule has 0 atom stereocenters. The molecule has 1 heterocycles. The van der Waals surface area contributed by atoms with E-state index in [1.165, 1.54) is 0 Å². The molecule has 2 amide bonds. The van der Waals surface area contributed by atoms with Gasteiger partial charge in [0.05, 0.1) is 12.8 Å². The molecule has 0 radical (unpaired) electrons. The van der Waals surface area contributed by atoms with E-state index >= 15 is 0 Å².